The highest BCUT2D eigenvalue weighted by atomic mass is 16.4. The first-order valence-electron chi connectivity index (χ1n) is 5.33. The third-order valence-corrected chi connectivity index (χ3v) is 2.89. The van der Waals surface area contributed by atoms with Crippen molar-refractivity contribution in [1.29, 1.82) is 0 Å². The van der Waals surface area contributed by atoms with Gasteiger partial charge in [-0.25, -0.2) is 9.78 Å². The number of nitrogens with zero attached hydrogens (tertiary/aromatic N) is 2. The van der Waals surface area contributed by atoms with E-state index in [0.717, 1.165) is 17.5 Å². The van der Waals surface area contributed by atoms with Gasteiger partial charge >= 0.3 is 5.97 Å². The lowest BCUT2D eigenvalue weighted by molar-refractivity contribution is 0.0697. The minimum Gasteiger partial charge on any atom is -0.478 e. The summed E-state index contributed by atoms with van der Waals surface area (Å²) in [5.41, 5.74) is 2.00. The monoisotopic (exact) mass is 218 g/mol. The Kier molecular flexibility index (Phi) is 2.64. The van der Waals surface area contributed by atoms with Crippen molar-refractivity contribution in [3.05, 3.63) is 30.1 Å². The molecule has 0 bridgehead atoms. The molecule has 0 radical (unpaired) electrons. The van der Waals surface area contributed by atoms with Gasteiger partial charge in [-0.15, -0.1) is 0 Å². The lowest BCUT2D eigenvalue weighted by atomic mass is 10.2. The van der Waals surface area contributed by atoms with Crippen LogP contribution >= 0.6 is 0 Å². The quantitative estimate of drug-likeness (QED) is 0.861. The van der Waals surface area contributed by atoms with Crippen LogP contribution in [0.5, 0.6) is 0 Å². The smallest absolute Gasteiger partial charge is 0.335 e. The Labute approximate surface area is 93.5 Å². The summed E-state index contributed by atoms with van der Waals surface area (Å²) in [5, 5.41) is 8.87. The largest absolute Gasteiger partial charge is 0.478 e. The normalized spacial score (nSPS) is 12.9. The van der Waals surface area contributed by atoms with Crippen molar-refractivity contribution in [2.45, 2.75) is 26.3 Å². The molecule has 4 heteroatoms. The van der Waals surface area contributed by atoms with Crippen LogP contribution in [0.4, 0.5) is 0 Å². The molecule has 0 spiro atoms. The number of hydrogen-bond acceptors (Lipinski definition) is 2. The van der Waals surface area contributed by atoms with E-state index in [-0.39, 0.29) is 5.56 Å². The third-order valence-electron chi connectivity index (χ3n) is 2.89. The van der Waals surface area contributed by atoms with Crippen molar-refractivity contribution in [2.75, 3.05) is 0 Å². The number of imidazole rings is 1. The number of carboxylic acids is 1. The molecule has 0 aliphatic rings. The van der Waals surface area contributed by atoms with Gasteiger partial charge < -0.3 is 9.67 Å². The van der Waals surface area contributed by atoms with Crippen molar-refractivity contribution >= 4 is 17.0 Å². The van der Waals surface area contributed by atoms with Crippen molar-refractivity contribution in [3.63, 3.8) is 0 Å². The van der Waals surface area contributed by atoms with Crippen LogP contribution in [0.2, 0.25) is 0 Å². The van der Waals surface area contributed by atoms with Crippen molar-refractivity contribution in [3.8, 4) is 0 Å². The second-order valence-electron chi connectivity index (χ2n) is 3.92. The summed E-state index contributed by atoms with van der Waals surface area (Å²) in [5.74, 6) is -0.917. The number of fused-ring (bicyclic) bond motifs is 1. The molecule has 1 atom stereocenters. The summed E-state index contributed by atoms with van der Waals surface area (Å²) in [7, 11) is 0. The van der Waals surface area contributed by atoms with E-state index in [9.17, 15) is 4.79 Å². The molecular weight excluding hydrogens is 204 g/mol. The molecule has 1 heterocycles. The predicted molar refractivity (Wildman–Crippen MR) is 61.7 cm³/mol. The first-order chi connectivity index (χ1) is 7.63. The van der Waals surface area contributed by atoms with Gasteiger partial charge in [0, 0.05) is 6.04 Å². The summed E-state index contributed by atoms with van der Waals surface area (Å²) in [6.07, 6.45) is 2.79. The number of carbonyl (C=O) groups is 1. The first-order valence-corrected chi connectivity index (χ1v) is 5.33. The lowest BCUT2D eigenvalue weighted by Crippen LogP contribution is -2.02. The third kappa shape index (κ3) is 1.66. The van der Waals surface area contributed by atoms with Gasteiger partial charge in [0.15, 0.2) is 0 Å². The Morgan fingerprint density at radius 1 is 1.56 bits per heavy atom. The molecule has 1 N–H and O–H groups in total. The van der Waals surface area contributed by atoms with Crippen LogP contribution in [0.1, 0.15) is 36.7 Å². The number of benzene rings is 1. The van der Waals surface area contributed by atoms with Crippen LogP contribution in [-0.2, 0) is 0 Å². The van der Waals surface area contributed by atoms with Crippen LogP contribution < -0.4 is 0 Å². The van der Waals surface area contributed by atoms with Crippen LogP contribution in [0.25, 0.3) is 11.0 Å². The van der Waals surface area contributed by atoms with Gasteiger partial charge in [-0.1, -0.05) is 6.92 Å². The second-order valence-corrected chi connectivity index (χ2v) is 3.92. The number of aromatic nitrogens is 2. The molecule has 2 rings (SSSR count). The number of carboxylic acid groups (broad SMARTS) is 1. The summed E-state index contributed by atoms with van der Waals surface area (Å²) >= 11 is 0. The van der Waals surface area contributed by atoms with E-state index in [1.807, 2.05) is 6.07 Å². The molecular formula is C12H14N2O2. The van der Waals surface area contributed by atoms with Crippen LogP contribution in [-0.4, -0.2) is 20.6 Å². The Bertz CT molecular complexity index is 531. The van der Waals surface area contributed by atoms with E-state index in [0.29, 0.717) is 6.04 Å². The van der Waals surface area contributed by atoms with E-state index in [1.54, 1.807) is 18.5 Å². The summed E-state index contributed by atoms with van der Waals surface area (Å²) in [4.78, 5) is 15.0. The van der Waals surface area contributed by atoms with Gasteiger partial charge in [0.05, 0.1) is 22.9 Å². The van der Waals surface area contributed by atoms with Gasteiger partial charge in [0.25, 0.3) is 0 Å². The molecule has 0 saturated carbocycles. The maximum atomic E-state index is 10.8. The first kappa shape index (κ1) is 10.7. The van der Waals surface area contributed by atoms with Crippen molar-refractivity contribution < 1.29 is 9.90 Å². The zero-order valence-corrected chi connectivity index (χ0v) is 9.34. The highest BCUT2D eigenvalue weighted by molar-refractivity contribution is 5.92. The highest BCUT2D eigenvalue weighted by Crippen LogP contribution is 2.20. The van der Waals surface area contributed by atoms with E-state index in [1.165, 1.54) is 0 Å². The topological polar surface area (TPSA) is 55.1 Å². The van der Waals surface area contributed by atoms with Crippen LogP contribution in [0.15, 0.2) is 24.5 Å². The Morgan fingerprint density at radius 2 is 2.31 bits per heavy atom. The Morgan fingerprint density at radius 3 is 2.94 bits per heavy atom. The molecule has 4 nitrogen and oxygen atoms in total. The standard InChI is InChI=1S/C12H14N2O2/c1-3-8(2)14-7-13-10-6-9(12(15)16)4-5-11(10)14/h4-8H,3H2,1-2H3,(H,15,16). The van der Waals surface area contributed by atoms with Crippen molar-refractivity contribution in [1.82, 2.24) is 9.55 Å². The minimum atomic E-state index is -0.917. The SMILES string of the molecule is CCC(C)n1cnc2cc(C(=O)O)ccc21. The highest BCUT2D eigenvalue weighted by Gasteiger charge is 2.10. The van der Waals surface area contributed by atoms with E-state index in [4.69, 9.17) is 5.11 Å². The van der Waals surface area contributed by atoms with Gasteiger partial charge in [-0.2, -0.15) is 0 Å². The van der Waals surface area contributed by atoms with Crippen LogP contribution in [0.3, 0.4) is 0 Å². The summed E-state index contributed by atoms with van der Waals surface area (Å²) < 4.78 is 2.07. The Hall–Kier alpha value is -1.84. The van der Waals surface area contributed by atoms with E-state index >= 15 is 0 Å². The molecule has 16 heavy (non-hydrogen) atoms. The molecule has 1 unspecified atom stereocenters. The lowest BCUT2D eigenvalue weighted by Gasteiger charge is -2.11. The fourth-order valence-corrected chi connectivity index (χ4v) is 1.71. The second kappa shape index (κ2) is 3.96. The molecule has 1 aromatic carbocycles. The average Bonchev–Trinajstić information content (AvgIpc) is 2.70. The Balaban J connectivity index is 2.54. The molecule has 1 aromatic heterocycles. The van der Waals surface area contributed by atoms with Crippen LogP contribution in [0, 0.1) is 0 Å². The van der Waals surface area contributed by atoms with Gasteiger partial charge in [-0.3, -0.25) is 0 Å². The molecule has 0 aliphatic carbocycles. The van der Waals surface area contributed by atoms with E-state index < -0.39 is 5.97 Å². The van der Waals surface area contributed by atoms with Crippen molar-refractivity contribution in [2.24, 2.45) is 0 Å². The molecule has 2 aromatic rings. The van der Waals surface area contributed by atoms with Gasteiger partial charge in [0.1, 0.15) is 0 Å². The fourth-order valence-electron chi connectivity index (χ4n) is 1.71. The molecule has 0 saturated heterocycles. The fraction of sp³-hybridized carbons (Fsp3) is 0.333. The van der Waals surface area contributed by atoms with Gasteiger partial charge in [-0.05, 0) is 31.5 Å². The maximum Gasteiger partial charge on any atom is 0.335 e. The zero-order chi connectivity index (χ0) is 11.7. The zero-order valence-electron chi connectivity index (χ0n) is 9.34. The predicted octanol–water partition coefficient (Wildman–Crippen LogP) is 2.71. The molecule has 0 fully saturated rings. The number of rotatable bonds is 3. The molecule has 0 amide bonds. The summed E-state index contributed by atoms with van der Waals surface area (Å²) in [6.45, 7) is 4.23. The maximum absolute atomic E-state index is 10.8. The number of aromatic carboxylic acids is 1. The average molecular weight is 218 g/mol. The van der Waals surface area contributed by atoms with Gasteiger partial charge in [0.2, 0.25) is 0 Å². The minimum absolute atomic E-state index is 0.280. The number of hydrogen-bond donors (Lipinski definition) is 1. The van der Waals surface area contributed by atoms with E-state index in [2.05, 4.69) is 23.4 Å². The summed E-state index contributed by atoms with van der Waals surface area (Å²) in [6, 6.07) is 5.42. The molecule has 0 aliphatic heterocycles. The molecule has 84 valence electrons.